The Balaban J connectivity index is 2.31. The quantitative estimate of drug-likeness (QED) is 0.862. The minimum absolute atomic E-state index is 0.281. The highest BCUT2D eigenvalue weighted by Crippen LogP contribution is 2.17. The van der Waals surface area contributed by atoms with Gasteiger partial charge in [-0.15, -0.1) is 0 Å². The number of aromatic nitrogens is 3. The summed E-state index contributed by atoms with van der Waals surface area (Å²) in [6.45, 7) is 3.76. The van der Waals surface area contributed by atoms with Gasteiger partial charge in [-0.25, -0.2) is 9.37 Å². The van der Waals surface area contributed by atoms with E-state index >= 15 is 0 Å². The molecule has 0 atom stereocenters. The Kier molecular flexibility index (Phi) is 2.99. The van der Waals surface area contributed by atoms with Crippen LogP contribution in [0.25, 0.3) is 11.4 Å². The maximum atomic E-state index is 13.1. The Morgan fingerprint density at radius 1 is 1.38 bits per heavy atom. The summed E-state index contributed by atoms with van der Waals surface area (Å²) >= 11 is 0. The van der Waals surface area contributed by atoms with Gasteiger partial charge in [-0.1, -0.05) is 13.3 Å². The van der Waals surface area contributed by atoms with E-state index in [1.54, 1.807) is 13.0 Å². The topological polar surface area (TPSA) is 41.6 Å². The fourth-order valence-corrected chi connectivity index (χ4v) is 1.57. The van der Waals surface area contributed by atoms with E-state index in [1.165, 1.54) is 6.07 Å². The van der Waals surface area contributed by atoms with Crippen LogP contribution in [0, 0.1) is 12.7 Å². The monoisotopic (exact) mass is 219 g/mol. The van der Waals surface area contributed by atoms with E-state index in [9.17, 15) is 4.39 Å². The molecule has 2 aromatic heterocycles. The summed E-state index contributed by atoms with van der Waals surface area (Å²) in [4.78, 5) is 4.17. The summed E-state index contributed by atoms with van der Waals surface area (Å²) in [7, 11) is 0. The van der Waals surface area contributed by atoms with E-state index < -0.39 is 0 Å². The molecule has 2 aromatic rings. The lowest BCUT2D eigenvalue weighted by Gasteiger charge is -1.99. The molecule has 0 amide bonds. The number of aryl methyl sites for hydroxylation is 2. The molecule has 0 radical (unpaired) electrons. The number of aromatic amines is 1. The second-order valence-electron chi connectivity index (χ2n) is 3.79. The number of pyridine rings is 1. The molecule has 0 aliphatic carbocycles. The number of hydrogen-bond acceptors (Lipinski definition) is 2. The van der Waals surface area contributed by atoms with Gasteiger partial charge in [0.1, 0.15) is 5.82 Å². The van der Waals surface area contributed by atoms with Crippen molar-refractivity contribution in [3.8, 4) is 11.4 Å². The van der Waals surface area contributed by atoms with Crippen LogP contribution in [-0.4, -0.2) is 15.2 Å². The Morgan fingerprint density at radius 2 is 2.19 bits per heavy atom. The van der Waals surface area contributed by atoms with Gasteiger partial charge >= 0.3 is 0 Å². The standard InChI is InChI=1S/C12H14FN3/c1-3-4-9-7-12(16-15-9)11-6-5-10(13)8(2)14-11/h5-7H,3-4H2,1-2H3,(H,15,16). The van der Waals surface area contributed by atoms with Crippen LogP contribution in [0.2, 0.25) is 0 Å². The van der Waals surface area contributed by atoms with Crippen molar-refractivity contribution in [1.29, 1.82) is 0 Å². The van der Waals surface area contributed by atoms with Gasteiger partial charge < -0.3 is 0 Å². The zero-order valence-electron chi connectivity index (χ0n) is 9.42. The summed E-state index contributed by atoms with van der Waals surface area (Å²) in [5, 5.41) is 7.09. The van der Waals surface area contributed by atoms with E-state index in [0.717, 1.165) is 29.9 Å². The number of rotatable bonds is 3. The fourth-order valence-electron chi connectivity index (χ4n) is 1.57. The van der Waals surface area contributed by atoms with Gasteiger partial charge in [0.2, 0.25) is 0 Å². The molecule has 0 bridgehead atoms. The first-order chi connectivity index (χ1) is 7.70. The molecule has 0 saturated carbocycles. The molecule has 0 aliphatic rings. The fraction of sp³-hybridized carbons (Fsp3) is 0.333. The third-order valence-electron chi connectivity index (χ3n) is 2.43. The van der Waals surface area contributed by atoms with Crippen LogP contribution in [0.3, 0.4) is 0 Å². The summed E-state index contributed by atoms with van der Waals surface area (Å²) in [6.07, 6.45) is 2.00. The van der Waals surface area contributed by atoms with E-state index in [0.29, 0.717) is 5.69 Å². The Bertz CT molecular complexity index is 491. The molecule has 0 saturated heterocycles. The highest BCUT2D eigenvalue weighted by Gasteiger charge is 2.06. The molecule has 0 fully saturated rings. The first-order valence-electron chi connectivity index (χ1n) is 5.38. The molecular weight excluding hydrogens is 205 g/mol. The van der Waals surface area contributed by atoms with Crippen molar-refractivity contribution in [1.82, 2.24) is 15.2 Å². The average Bonchev–Trinajstić information content (AvgIpc) is 2.71. The molecule has 1 N–H and O–H groups in total. The largest absolute Gasteiger partial charge is 0.276 e. The predicted molar refractivity (Wildman–Crippen MR) is 60.5 cm³/mol. The maximum absolute atomic E-state index is 13.1. The minimum atomic E-state index is -0.281. The smallest absolute Gasteiger partial charge is 0.144 e. The Hall–Kier alpha value is -1.71. The van der Waals surface area contributed by atoms with Gasteiger partial charge in [-0.05, 0) is 31.5 Å². The zero-order chi connectivity index (χ0) is 11.5. The molecule has 0 aromatic carbocycles. The van der Waals surface area contributed by atoms with Crippen LogP contribution in [-0.2, 0) is 6.42 Å². The first kappa shape index (κ1) is 10.8. The minimum Gasteiger partial charge on any atom is -0.276 e. The number of nitrogens with zero attached hydrogens (tertiary/aromatic N) is 2. The number of H-pyrrole nitrogens is 1. The molecule has 2 rings (SSSR count). The molecule has 0 unspecified atom stereocenters. The predicted octanol–water partition coefficient (Wildman–Crippen LogP) is 2.87. The molecule has 2 heterocycles. The third kappa shape index (κ3) is 2.10. The van der Waals surface area contributed by atoms with Crippen molar-refractivity contribution in [2.75, 3.05) is 0 Å². The second-order valence-corrected chi connectivity index (χ2v) is 3.79. The van der Waals surface area contributed by atoms with Gasteiger partial charge in [-0.3, -0.25) is 5.10 Å². The summed E-state index contributed by atoms with van der Waals surface area (Å²) in [6, 6.07) is 5.05. The zero-order valence-corrected chi connectivity index (χ0v) is 9.42. The van der Waals surface area contributed by atoms with Crippen LogP contribution in [0.15, 0.2) is 18.2 Å². The van der Waals surface area contributed by atoms with Crippen LogP contribution in [0.4, 0.5) is 4.39 Å². The molecule has 84 valence electrons. The number of hydrogen-bond donors (Lipinski definition) is 1. The van der Waals surface area contributed by atoms with Crippen molar-refractivity contribution in [3.63, 3.8) is 0 Å². The SMILES string of the molecule is CCCc1cc(-c2ccc(F)c(C)n2)[nH]n1. The summed E-state index contributed by atoms with van der Waals surface area (Å²) < 4.78 is 13.1. The average molecular weight is 219 g/mol. The molecule has 3 nitrogen and oxygen atoms in total. The van der Waals surface area contributed by atoms with Gasteiger partial charge in [0.25, 0.3) is 0 Å². The first-order valence-corrected chi connectivity index (χ1v) is 5.38. The lowest BCUT2D eigenvalue weighted by atomic mass is 10.2. The molecule has 0 spiro atoms. The van der Waals surface area contributed by atoms with Crippen LogP contribution in [0.5, 0.6) is 0 Å². The van der Waals surface area contributed by atoms with Gasteiger partial charge in [0.15, 0.2) is 0 Å². The second kappa shape index (κ2) is 4.43. The highest BCUT2D eigenvalue weighted by atomic mass is 19.1. The summed E-state index contributed by atoms with van der Waals surface area (Å²) in [5.41, 5.74) is 2.99. The van der Waals surface area contributed by atoms with Crippen molar-refractivity contribution < 1.29 is 4.39 Å². The highest BCUT2D eigenvalue weighted by molar-refractivity contribution is 5.54. The van der Waals surface area contributed by atoms with Gasteiger partial charge in [0.05, 0.1) is 22.8 Å². The number of nitrogens with one attached hydrogen (secondary N) is 1. The van der Waals surface area contributed by atoms with Gasteiger partial charge in [-0.2, -0.15) is 5.10 Å². The third-order valence-corrected chi connectivity index (χ3v) is 2.43. The molecule has 4 heteroatoms. The van der Waals surface area contributed by atoms with E-state index in [1.807, 2.05) is 6.07 Å². The van der Waals surface area contributed by atoms with Crippen molar-refractivity contribution >= 4 is 0 Å². The summed E-state index contributed by atoms with van der Waals surface area (Å²) in [5.74, 6) is -0.281. The van der Waals surface area contributed by atoms with Crippen molar-refractivity contribution in [2.24, 2.45) is 0 Å². The van der Waals surface area contributed by atoms with Crippen LogP contribution < -0.4 is 0 Å². The Labute approximate surface area is 93.7 Å². The molecule has 0 aliphatic heterocycles. The lowest BCUT2D eigenvalue weighted by molar-refractivity contribution is 0.610. The van der Waals surface area contributed by atoms with E-state index in [4.69, 9.17) is 0 Å². The van der Waals surface area contributed by atoms with Crippen molar-refractivity contribution in [2.45, 2.75) is 26.7 Å². The van der Waals surface area contributed by atoms with Gasteiger partial charge in [0, 0.05) is 0 Å². The van der Waals surface area contributed by atoms with E-state index in [-0.39, 0.29) is 5.82 Å². The van der Waals surface area contributed by atoms with Crippen LogP contribution in [0.1, 0.15) is 24.7 Å². The molecule has 16 heavy (non-hydrogen) atoms. The maximum Gasteiger partial charge on any atom is 0.144 e. The van der Waals surface area contributed by atoms with E-state index in [2.05, 4.69) is 22.1 Å². The van der Waals surface area contributed by atoms with Crippen LogP contribution >= 0.6 is 0 Å². The molecular formula is C12H14FN3. The number of halogens is 1. The lowest BCUT2D eigenvalue weighted by Crippen LogP contribution is -1.90. The normalized spacial score (nSPS) is 10.7. The van der Waals surface area contributed by atoms with Crippen molar-refractivity contribution in [3.05, 3.63) is 35.4 Å². The Morgan fingerprint density at radius 3 is 2.88 bits per heavy atom.